The Bertz CT molecular complexity index is 1050. The third-order valence-electron chi connectivity index (χ3n) is 5.01. The molecule has 10 heteroatoms. The van der Waals surface area contributed by atoms with Crippen molar-refractivity contribution >= 4 is 23.1 Å². The molecule has 168 valence electrons. The fourth-order valence-corrected chi connectivity index (χ4v) is 3.50. The predicted molar refractivity (Wildman–Crippen MR) is 113 cm³/mol. The molecule has 1 aliphatic rings. The summed E-state index contributed by atoms with van der Waals surface area (Å²) in [6, 6.07) is 10.9. The second-order valence-electron chi connectivity index (χ2n) is 6.91. The highest BCUT2D eigenvalue weighted by Crippen LogP contribution is 2.40. The molecule has 1 fully saturated rings. The van der Waals surface area contributed by atoms with E-state index in [4.69, 9.17) is 14.6 Å². The fraction of sp³-hybridized carbons (Fsp3) is 0.273. The largest absolute Gasteiger partial charge is 0.507 e. The van der Waals surface area contributed by atoms with E-state index in [1.807, 2.05) is 0 Å². The van der Waals surface area contributed by atoms with Gasteiger partial charge in [-0.1, -0.05) is 24.3 Å². The minimum atomic E-state index is -0.933. The number of hydrogen-bond donors (Lipinski definition) is 2. The molecule has 2 aromatic carbocycles. The van der Waals surface area contributed by atoms with Crippen LogP contribution in [0.25, 0.3) is 5.76 Å². The van der Waals surface area contributed by atoms with Crippen LogP contribution < -0.4 is 4.74 Å². The summed E-state index contributed by atoms with van der Waals surface area (Å²) in [5, 5.41) is 30.9. The molecule has 3 rings (SSSR count). The monoisotopic (exact) mass is 442 g/mol. The highest BCUT2D eigenvalue weighted by molar-refractivity contribution is 6.46. The fourth-order valence-electron chi connectivity index (χ4n) is 3.50. The molecular formula is C22H22N2O8. The summed E-state index contributed by atoms with van der Waals surface area (Å²) in [5.74, 6) is -1.68. The standard InChI is InChI=1S/C22H22N2O8/c1-31-17-7-5-14(6-8-17)19-18(20(26)15-3-2-4-16(13-15)24(29)30)21(27)22(28)23(19)9-11-32-12-10-25/h2-8,13,19,25-26H,9-12H2,1H3/b20-18-. The molecule has 32 heavy (non-hydrogen) atoms. The minimum Gasteiger partial charge on any atom is -0.507 e. The molecule has 1 heterocycles. The van der Waals surface area contributed by atoms with E-state index >= 15 is 0 Å². The number of nitro groups is 1. The van der Waals surface area contributed by atoms with Crippen molar-refractivity contribution in [2.75, 3.05) is 33.5 Å². The maximum absolute atomic E-state index is 12.9. The van der Waals surface area contributed by atoms with Crippen molar-refractivity contribution < 1.29 is 34.2 Å². The van der Waals surface area contributed by atoms with Gasteiger partial charge in [-0.2, -0.15) is 0 Å². The molecule has 1 amide bonds. The van der Waals surface area contributed by atoms with Gasteiger partial charge in [-0.3, -0.25) is 19.7 Å². The molecule has 2 N–H and O–H groups in total. The molecule has 10 nitrogen and oxygen atoms in total. The summed E-state index contributed by atoms with van der Waals surface area (Å²) < 4.78 is 10.4. The lowest BCUT2D eigenvalue weighted by atomic mass is 9.95. The van der Waals surface area contributed by atoms with E-state index in [0.29, 0.717) is 11.3 Å². The van der Waals surface area contributed by atoms with Gasteiger partial charge in [-0.25, -0.2) is 0 Å². The summed E-state index contributed by atoms with van der Waals surface area (Å²) in [7, 11) is 1.50. The molecule has 0 bridgehead atoms. The number of benzene rings is 2. The van der Waals surface area contributed by atoms with Crippen LogP contribution in [0.4, 0.5) is 5.69 Å². The van der Waals surface area contributed by atoms with E-state index in [-0.39, 0.29) is 43.2 Å². The zero-order valence-electron chi connectivity index (χ0n) is 17.3. The van der Waals surface area contributed by atoms with Crippen LogP contribution in [0.1, 0.15) is 17.2 Å². The van der Waals surface area contributed by atoms with Crippen LogP contribution in [-0.2, 0) is 14.3 Å². The molecule has 2 aromatic rings. The van der Waals surface area contributed by atoms with E-state index in [0.717, 1.165) is 6.07 Å². The van der Waals surface area contributed by atoms with Crippen molar-refractivity contribution in [2.45, 2.75) is 6.04 Å². The van der Waals surface area contributed by atoms with E-state index in [9.17, 15) is 24.8 Å². The number of nitro benzene ring substituents is 1. The van der Waals surface area contributed by atoms with Gasteiger partial charge in [0.2, 0.25) is 0 Å². The van der Waals surface area contributed by atoms with Crippen LogP contribution in [0.15, 0.2) is 54.1 Å². The molecule has 1 aliphatic heterocycles. The number of methoxy groups -OCH3 is 1. The van der Waals surface area contributed by atoms with Crippen LogP contribution in [-0.4, -0.2) is 65.2 Å². The Labute approximate surface area is 183 Å². The molecular weight excluding hydrogens is 420 g/mol. The van der Waals surface area contributed by atoms with E-state index in [2.05, 4.69) is 0 Å². The Balaban J connectivity index is 2.09. The average molecular weight is 442 g/mol. The first-order valence-electron chi connectivity index (χ1n) is 9.74. The zero-order valence-corrected chi connectivity index (χ0v) is 17.3. The topological polar surface area (TPSA) is 139 Å². The lowest BCUT2D eigenvalue weighted by Crippen LogP contribution is -2.33. The highest BCUT2D eigenvalue weighted by Gasteiger charge is 2.46. The Kier molecular flexibility index (Phi) is 7.18. The quantitative estimate of drug-likeness (QED) is 0.150. The summed E-state index contributed by atoms with van der Waals surface area (Å²) >= 11 is 0. The number of aliphatic hydroxyl groups is 2. The van der Waals surface area contributed by atoms with E-state index in [1.54, 1.807) is 24.3 Å². The van der Waals surface area contributed by atoms with Gasteiger partial charge in [-0.05, 0) is 17.7 Å². The molecule has 1 saturated heterocycles. The first-order valence-corrected chi connectivity index (χ1v) is 9.74. The molecule has 0 radical (unpaired) electrons. The first-order chi connectivity index (χ1) is 15.4. The normalized spacial score (nSPS) is 17.6. The third-order valence-corrected chi connectivity index (χ3v) is 5.01. The predicted octanol–water partition coefficient (Wildman–Crippen LogP) is 2.03. The molecule has 0 spiro atoms. The number of nitrogens with zero attached hydrogens (tertiary/aromatic N) is 2. The van der Waals surface area contributed by atoms with Crippen LogP contribution in [0, 0.1) is 10.1 Å². The maximum atomic E-state index is 12.9. The second-order valence-corrected chi connectivity index (χ2v) is 6.91. The molecule has 1 unspecified atom stereocenters. The summed E-state index contributed by atoms with van der Waals surface area (Å²) in [5.41, 5.74) is 0.149. The number of likely N-dealkylation sites (tertiary alicyclic amines) is 1. The number of rotatable bonds is 9. The Morgan fingerprint density at radius 2 is 1.88 bits per heavy atom. The van der Waals surface area contributed by atoms with Gasteiger partial charge in [0.1, 0.15) is 11.5 Å². The number of carbonyl (C=O) groups is 2. The van der Waals surface area contributed by atoms with Gasteiger partial charge in [-0.15, -0.1) is 0 Å². The molecule has 0 aliphatic carbocycles. The van der Waals surface area contributed by atoms with Crippen molar-refractivity contribution in [3.63, 3.8) is 0 Å². The highest BCUT2D eigenvalue weighted by atomic mass is 16.6. The Morgan fingerprint density at radius 3 is 2.50 bits per heavy atom. The summed E-state index contributed by atoms with van der Waals surface area (Å²) in [6.45, 7) is -0.0115. The Hall–Kier alpha value is -3.76. The van der Waals surface area contributed by atoms with E-state index < -0.39 is 28.4 Å². The van der Waals surface area contributed by atoms with Crippen molar-refractivity contribution in [3.05, 3.63) is 75.3 Å². The number of non-ortho nitro benzene ring substituents is 1. The lowest BCUT2D eigenvalue weighted by molar-refractivity contribution is -0.384. The molecule has 1 atom stereocenters. The smallest absolute Gasteiger partial charge is 0.295 e. The van der Waals surface area contributed by atoms with Gasteiger partial charge in [0.15, 0.2) is 0 Å². The number of Topliss-reactive ketones (excluding diaryl/α,β-unsaturated/α-hetero) is 1. The van der Waals surface area contributed by atoms with Crippen molar-refractivity contribution in [2.24, 2.45) is 0 Å². The zero-order chi connectivity index (χ0) is 23.3. The van der Waals surface area contributed by atoms with E-state index in [1.165, 1.54) is 30.2 Å². The van der Waals surface area contributed by atoms with Gasteiger partial charge >= 0.3 is 0 Å². The first kappa shape index (κ1) is 22.9. The van der Waals surface area contributed by atoms with Crippen LogP contribution in [0.5, 0.6) is 5.75 Å². The number of ketones is 1. The minimum absolute atomic E-state index is 0.0347. The SMILES string of the molecule is COc1ccc(C2/C(=C(/O)c3cccc([N+](=O)[O-])c3)C(=O)C(=O)N2CCOCCO)cc1. The number of ether oxygens (including phenoxy) is 2. The Morgan fingerprint density at radius 1 is 1.16 bits per heavy atom. The van der Waals surface area contributed by atoms with Gasteiger partial charge < -0.3 is 24.6 Å². The molecule has 0 saturated carbocycles. The van der Waals surface area contributed by atoms with Crippen LogP contribution >= 0.6 is 0 Å². The van der Waals surface area contributed by atoms with Gasteiger partial charge in [0, 0.05) is 24.2 Å². The summed E-state index contributed by atoms with van der Waals surface area (Å²) in [6.07, 6.45) is 0. The molecule has 0 aromatic heterocycles. The number of amides is 1. The van der Waals surface area contributed by atoms with Crippen LogP contribution in [0.2, 0.25) is 0 Å². The van der Waals surface area contributed by atoms with Crippen molar-refractivity contribution in [1.29, 1.82) is 0 Å². The van der Waals surface area contributed by atoms with Crippen molar-refractivity contribution in [3.8, 4) is 5.75 Å². The number of aliphatic hydroxyl groups excluding tert-OH is 2. The van der Waals surface area contributed by atoms with Crippen molar-refractivity contribution in [1.82, 2.24) is 4.90 Å². The average Bonchev–Trinajstić information content (AvgIpc) is 3.06. The lowest BCUT2D eigenvalue weighted by Gasteiger charge is -2.25. The van der Waals surface area contributed by atoms with Gasteiger partial charge in [0.25, 0.3) is 17.4 Å². The second kappa shape index (κ2) is 10.0. The third kappa shape index (κ3) is 4.61. The number of carbonyl (C=O) groups excluding carboxylic acids is 2. The number of hydrogen-bond acceptors (Lipinski definition) is 8. The summed E-state index contributed by atoms with van der Waals surface area (Å²) in [4.78, 5) is 37.5. The van der Waals surface area contributed by atoms with Gasteiger partial charge in [0.05, 0.1) is 43.5 Å². The maximum Gasteiger partial charge on any atom is 0.295 e. The van der Waals surface area contributed by atoms with Crippen LogP contribution in [0.3, 0.4) is 0 Å².